The van der Waals surface area contributed by atoms with Crippen molar-refractivity contribution in [3.63, 3.8) is 0 Å². The third-order valence-electron chi connectivity index (χ3n) is 5.79. The molecule has 0 amide bonds. The van der Waals surface area contributed by atoms with Crippen molar-refractivity contribution in [2.45, 2.75) is 49.5 Å². The van der Waals surface area contributed by atoms with E-state index in [1.165, 1.54) is 0 Å². The number of aliphatic hydroxyl groups is 4. The number of aliphatic hydroxyl groups excluding tert-OH is 3. The Morgan fingerprint density at radius 1 is 1.13 bits per heavy atom. The molecule has 31 heavy (non-hydrogen) atoms. The lowest BCUT2D eigenvalue weighted by Gasteiger charge is -2.42. The van der Waals surface area contributed by atoms with Gasteiger partial charge in [0.1, 0.15) is 24.1 Å². The van der Waals surface area contributed by atoms with Crippen molar-refractivity contribution in [2.75, 3.05) is 19.8 Å². The molecule has 8 heteroatoms. The van der Waals surface area contributed by atoms with Crippen LogP contribution in [0.1, 0.15) is 29.5 Å². The third-order valence-corrected chi connectivity index (χ3v) is 6.16. The van der Waals surface area contributed by atoms with Gasteiger partial charge in [0, 0.05) is 23.4 Å². The fraction of sp³-hybridized carbons (Fsp3) is 0.478. The Hall–Kier alpha value is -1.71. The lowest BCUT2D eigenvalue weighted by atomic mass is 9.89. The van der Waals surface area contributed by atoms with Gasteiger partial charge in [0.15, 0.2) is 5.79 Å². The fourth-order valence-corrected chi connectivity index (χ4v) is 4.19. The van der Waals surface area contributed by atoms with Crippen LogP contribution in [0.2, 0.25) is 5.02 Å². The molecule has 168 valence electrons. The molecule has 2 saturated heterocycles. The van der Waals surface area contributed by atoms with Gasteiger partial charge >= 0.3 is 0 Å². The Bertz CT molecular complexity index is 884. The van der Waals surface area contributed by atoms with Gasteiger partial charge in [-0.05, 0) is 41.8 Å². The summed E-state index contributed by atoms with van der Waals surface area (Å²) in [5.41, 5.74) is 2.18. The van der Waals surface area contributed by atoms with Gasteiger partial charge in [-0.25, -0.2) is 0 Å². The largest absolute Gasteiger partial charge is 0.488 e. The van der Waals surface area contributed by atoms with Gasteiger partial charge in [0.05, 0.1) is 25.9 Å². The lowest BCUT2D eigenvalue weighted by molar-refractivity contribution is -0.313. The quantitative estimate of drug-likeness (QED) is 0.531. The summed E-state index contributed by atoms with van der Waals surface area (Å²) in [5, 5.41) is 41.0. The summed E-state index contributed by atoms with van der Waals surface area (Å²) in [6.07, 6.45) is -2.32. The second kappa shape index (κ2) is 9.42. The predicted molar refractivity (Wildman–Crippen MR) is 113 cm³/mol. The topological polar surface area (TPSA) is 109 Å². The van der Waals surface area contributed by atoms with Crippen LogP contribution in [0.3, 0.4) is 0 Å². The van der Waals surface area contributed by atoms with Crippen LogP contribution in [0.5, 0.6) is 5.75 Å². The van der Waals surface area contributed by atoms with Gasteiger partial charge in [-0.1, -0.05) is 29.8 Å². The molecule has 2 aliphatic rings. The minimum atomic E-state index is -1.84. The summed E-state index contributed by atoms with van der Waals surface area (Å²) in [5.74, 6) is -1.06. The van der Waals surface area contributed by atoms with Crippen molar-refractivity contribution in [3.8, 4) is 5.75 Å². The summed E-state index contributed by atoms with van der Waals surface area (Å²) in [7, 11) is 0. The van der Waals surface area contributed by atoms with Crippen molar-refractivity contribution in [1.29, 1.82) is 0 Å². The van der Waals surface area contributed by atoms with Crippen LogP contribution in [-0.4, -0.2) is 64.7 Å². The number of hydrogen-bond donors (Lipinski definition) is 4. The van der Waals surface area contributed by atoms with Crippen LogP contribution >= 0.6 is 11.6 Å². The number of halogens is 1. The molecule has 4 N–H and O–H groups in total. The van der Waals surface area contributed by atoms with Gasteiger partial charge in [0.2, 0.25) is 0 Å². The van der Waals surface area contributed by atoms with Gasteiger partial charge in [-0.3, -0.25) is 0 Å². The van der Waals surface area contributed by atoms with E-state index in [1.54, 1.807) is 18.2 Å². The normalized spacial score (nSPS) is 31.0. The van der Waals surface area contributed by atoms with Crippen LogP contribution in [0, 0.1) is 0 Å². The van der Waals surface area contributed by atoms with Crippen LogP contribution in [0.4, 0.5) is 0 Å². The highest BCUT2D eigenvalue weighted by atomic mass is 35.5. The smallest absolute Gasteiger partial charge is 0.195 e. The Kier molecular flexibility index (Phi) is 6.83. The maximum Gasteiger partial charge on any atom is 0.195 e. The van der Waals surface area contributed by atoms with Gasteiger partial charge < -0.3 is 34.6 Å². The minimum absolute atomic E-state index is 0.0878. The first-order valence-electron chi connectivity index (χ1n) is 10.4. The Morgan fingerprint density at radius 3 is 2.58 bits per heavy atom. The van der Waals surface area contributed by atoms with E-state index in [0.29, 0.717) is 23.6 Å². The molecule has 5 atom stereocenters. The van der Waals surface area contributed by atoms with Crippen molar-refractivity contribution in [2.24, 2.45) is 0 Å². The highest BCUT2D eigenvalue weighted by Gasteiger charge is 2.46. The molecule has 0 unspecified atom stereocenters. The van der Waals surface area contributed by atoms with E-state index in [-0.39, 0.29) is 12.5 Å². The fourth-order valence-electron chi connectivity index (χ4n) is 4.01. The predicted octanol–water partition coefficient (Wildman–Crippen LogP) is 1.75. The molecule has 0 saturated carbocycles. The molecule has 2 aliphatic heterocycles. The molecule has 0 aliphatic carbocycles. The Morgan fingerprint density at radius 2 is 1.90 bits per heavy atom. The second-order valence-corrected chi connectivity index (χ2v) is 8.52. The van der Waals surface area contributed by atoms with E-state index in [9.17, 15) is 20.4 Å². The molecule has 2 fully saturated rings. The Balaban J connectivity index is 1.50. The van der Waals surface area contributed by atoms with E-state index in [4.69, 9.17) is 25.8 Å². The SMILES string of the molecule is OC[C@H]1O[C@@](O)(c2ccc(Cl)c(Cc3ccc(O[C@H]4CCOC4)cc3)c2)C[C@@H](O)[C@@H]1O. The van der Waals surface area contributed by atoms with E-state index >= 15 is 0 Å². The third kappa shape index (κ3) is 5.04. The van der Waals surface area contributed by atoms with Crippen LogP contribution < -0.4 is 4.74 Å². The van der Waals surface area contributed by atoms with Crippen molar-refractivity contribution in [1.82, 2.24) is 0 Å². The van der Waals surface area contributed by atoms with E-state index in [2.05, 4.69) is 0 Å². The average molecular weight is 451 g/mol. The maximum absolute atomic E-state index is 11.0. The van der Waals surface area contributed by atoms with E-state index in [1.807, 2.05) is 24.3 Å². The highest BCUT2D eigenvalue weighted by Crippen LogP contribution is 2.37. The lowest BCUT2D eigenvalue weighted by Crippen LogP contribution is -2.54. The maximum atomic E-state index is 11.0. The molecular weight excluding hydrogens is 424 g/mol. The van der Waals surface area contributed by atoms with Gasteiger partial charge in [0.25, 0.3) is 0 Å². The summed E-state index contributed by atoms with van der Waals surface area (Å²) >= 11 is 6.39. The zero-order valence-corrected chi connectivity index (χ0v) is 17.7. The summed E-state index contributed by atoms with van der Waals surface area (Å²) in [4.78, 5) is 0. The molecule has 2 aromatic rings. The van der Waals surface area contributed by atoms with Crippen molar-refractivity contribution in [3.05, 3.63) is 64.2 Å². The second-order valence-electron chi connectivity index (χ2n) is 8.12. The minimum Gasteiger partial charge on any atom is -0.488 e. The van der Waals surface area contributed by atoms with E-state index < -0.39 is 30.7 Å². The molecule has 4 rings (SSSR count). The monoisotopic (exact) mass is 450 g/mol. The molecular formula is C23H27ClO7. The van der Waals surface area contributed by atoms with Crippen molar-refractivity contribution >= 4 is 11.6 Å². The molecule has 0 bridgehead atoms. The van der Waals surface area contributed by atoms with Crippen molar-refractivity contribution < 1.29 is 34.6 Å². The molecule has 2 heterocycles. The average Bonchev–Trinajstić information content (AvgIpc) is 3.26. The van der Waals surface area contributed by atoms with Crippen LogP contribution in [0.25, 0.3) is 0 Å². The first kappa shape index (κ1) is 22.5. The number of benzene rings is 2. The van der Waals surface area contributed by atoms with Crippen LogP contribution in [0.15, 0.2) is 42.5 Å². The zero-order valence-electron chi connectivity index (χ0n) is 17.0. The number of ether oxygens (including phenoxy) is 3. The number of hydrogen-bond acceptors (Lipinski definition) is 7. The summed E-state index contributed by atoms with van der Waals surface area (Å²) < 4.78 is 16.8. The Labute approximate surface area is 185 Å². The van der Waals surface area contributed by atoms with Crippen LogP contribution in [-0.2, 0) is 21.7 Å². The van der Waals surface area contributed by atoms with Gasteiger partial charge in [-0.15, -0.1) is 0 Å². The summed E-state index contributed by atoms with van der Waals surface area (Å²) in [6, 6.07) is 12.7. The standard InChI is InChI=1S/C23H27ClO7/c24-19-6-3-16(23(28)11-20(26)22(27)21(12-25)31-23)10-15(19)9-14-1-4-17(5-2-14)30-18-7-8-29-13-18/h1-6,10,18,20-22,25-28H,7-9,11-13H2/t18-,20+,21+,22-,23+/m0/s1. The molecule has 7 nitrogen and oxygen atoms in total. The number of rotatable bonds is 6. The summed E-state index contributed by atoms with van der Waals surface area (Å²) in [6.45, 7) is 0.809. The first-order chi connectivity index (χ1) is 14.9. The van der Waals surface area contributed by atoms with E-state index in [0.717, 1.165) is 29.9 Å². The first-order valence-corrected chi connectivity index (χ1v) is 10.7. The zero-order chi connectivity index (χ0) is 22.0. The molecule has 0 aromatic heterocycles. The molecule has 0 spiro atoms. The highest BCUT2D eigenvalue weighted by molar-refractivity contribution is 6.31. The van der Waals surface area contributed by atoms with Gasteiger partial charge in [-0.2, -0.15) is 0 Å². The molecule has 2 aromatic carbocycles. The molecule has 0 radical (unpaired) electrons.